The molecule has 1 atom stereocenters. The lowest BCUT2D eigenvalue weighted by atomic mass is 10.0. The van der Waals surface area contributed by atoms with Crippen molar-refractivity contribution in [1.29, 1.82) is 0 Å². The molecule has 0 aliphatic heterocycles. The van der Waals surface area contributed by atoms with Crippen LogP contribution in [0.3, 0.4) is 0 Å². The van der Waals surface area contributed by atoms with Crippen LogP contribution in [0.1, 0.15) is 37.4 Å². The van der Waals surface area contributed by atoms with E-state index in [1.165, 1.54) is 12.1 Å². The number of rotatable bonds is 9. The lowest BCUT2D eigenvalue weighted by Gasteiger charge is -2.19. The summed E-state index contributed by atoms with van der Waals surface area (Å²) < 4.78 is 33.9. The first-order chi connectivity index (χ1) is 13.3. The van der Waals surface area contributed by atoms with E-state index in [1.54, 1.807) is 26.0 Å². The molecule has 5 nitrogen and oxygen atoms in total. The van der Waals surface area contributed by atoms with Gasteiger partial charge in [0.1, 0.15) is 5.75 Å². The minimum absolute atomic E-state index is 0.00903. The topological polar surface area (TPSA) is 64.6 Å². The Morgan fingerprint density at radius 2 is 1.64 bits per heavy atom. The molecule has 1 amide bonds. The van der Waals surface area contributed by atoms with Gasteiger partial charge in [-0.25, -0.2) is 0 Å². The van der Waals surface area contributed by atoms with Gasteiger partial charge in [-0.15, -0.1) is 0 Å². The van der Waals surface area contributed by atoms with E-state index < -0.39 is 18.6 Å². The van der Waals surface area contributed by atoms with Gasteiger partial charge >= 0.3 is 12.6 Å². The number of carbonyl (C=O) groups excluding carboxylic acids is 2. The summed E-state index contributed by atoms with van der Waals surface area (Å²) in [6.45, 7) is 0.622. The molecule has 0 aromatic heterocycles. The molecular formula is C21H23F2NO4. The number of halogens is 2. The van der Waals surface area contributed by atoms with E-state index in [-0.39, 0.29) is 30.6 Å². The van der Waals surface area contributed by atoms with Gasteiger partial charge < -0.3 is 14.8 Å². The van der Waals surface area contributed by atoms with E-state index in [4.69, 9.17) is 4.74 Å². The molecule has 0 aliphatic rings. The number of alkyl halides is 2. The Bertz CT molecular complexity index is 764. The van der Waals surface area contributed by atoms with Crippen LogP contribution in [0.2, 0.25) is 0 Å². The fraction of sp³-hybridized carbons (Fsp3) is 0.333. The largest absolute Gasteiger partial charge is 0.463 e. The highest BCUT2D eigenvalue weighted by Gasteiger charge is 2.20. The summed E-state index contributed by atoms with van der Waals surface area (Å²) in [4.78, 5) is 24.5. The molecule has 28 heavy (non-hydrogen) atoms. The molecule has 0 bridgehead atoms. The summed E-state index contributed by atoms with van der Waals surface area (Å²) in [5.74, 6) is -0.677. The first-order valence-electron chi connectivity index (χ1n) is 8.91. The van der Waals surface area contributed by atoms with Gasteiger partial charge in [-0.1, -0.05) is 42.5 Å². The average molecular weight is 391 g/mol. The average Bonchev–Trinajstić information content (AvgIpc) is 2.62. The van der Waals surface area contributed by atoms with Crippen molar-refractivity contribution < 1.29 is 27.8 Å². The number of benzene rings is 2. The fourth-order valence-electron chi connectivity index (χ4n) is 2.63. The zero-order valence-corrected chi connectivity index (χ0v) is 15.7. The Labute approximate surface area is 162 Å². The Kier molecular flexibility index (Phi) is 7.92. The van der Waals surface area contributed by atoms with Gasteiger partial charge in [0.25, 0.3) is 0 Å². The van der Waals surface area contributed by atoms with E-state index in [2.05, 4.69) is 10.1 Å². The van der Waals surface area contributed by atoms with E-state index in [9.17, 15) is 18.4 Å². The predicted octanol–water partition coefficient (Wildman–Crippen LogP) is 4.03. The standard InChI is InChI=1S/C21H23F2NO4/c1-14(2)27-20(26)13-18(16-6-4-3-5-7-16)24-19(25)12-15-8-10-17(11-9-15)28-21(22)23/h3-11,14,18,21H,12-13H2,1-2H3,(H,24,25). The van der Waals surface area contributed by atoms with Crippen molar-refractivity contribution in [1.82, 2.24) is 5.32 Å². The van der Waals surface area contributed by atoms with Crippen LogP contribution in [0.5, 0.6) is 5.75 Å². The molecule has 2 aromatic rings. The SMILES string of the molecule is CC(C)OC(=O)CC(NC(=O)Cc1ccc(OC(F)F)cc1)c1ccccc1. The van der Waals surface area contributed by atoms with Crippen molar-refractivity contribution in [2.24, 2.45) is 0 Å². The maximum Gasteiger partial charge on any atom is 0.387 e. The molecule has 1 unspecified atom stereocenters. The van der Waals surface area contributed by atoms with Crippen LogP contribution < -0.4 is 10.1 Å². The Balaban J connectivity index is 2.02. The predicted molar refractivity (Wildman–Crippen MR) is 99.9 cm³/mol. The number of esters is 1. The summed E-state index contributed by atoms with van der Waals surface area (Å²) in [6.07, 6.45) is -0.194. The number of hydrogen-bond acceptors (Lipinski definition) is 4. The van der Waals surface area contributed by atoms with Crippen molar-refractivity contribution in [3.63, 3.8) is 0 Å². The Morgan fingerprint density at radius 1 is 1.00 bits per heavy atom. The zero-order chi connectivity index (χ0) is 20.5. The van der Waals surface area contributed by atoms with E-state index in [0.717, 1.165) is 5.56 Å². The molecule has 0 spiro atoms. The minimum atomic E-state index is -2.90. The summed E-state index contributed by atoms with van der Waals surface area (Å²) >= 11 is 0. The Hall–Kier alpha value is -2.96. The molecular weight excluding hydrogens is 368 g/mol. The van der Waals surface area contributed by atoms with Gasteiger partial charge in [0, 0.05) is 0 Å². The smallest absolute Gasteiger partial charge is 0.387 e. The maximum absolute atomic E-state index is 12.4. The zero-order valence-electron chi connectivity index (χ0n) is 15.7. The number of ether oxygens (including phenoxy) is 2. The van der Waals surface area contributed by atoms with Gasteiger partial charge in [0.15, 0.2) is 0 Å². The molecule has 0 fully saturated rings. The molecule has 150 valence electrons. The summed E-state index contributed by atoms with van der Waals surface area (Å²) in [5, 5.41) is 2.84. The van der Waals surface area contributed by atoms with Crippen molar-refractivity contribution in [3.8, 4) is 5.75 Å². The minimum Gasteiger partial charge on any atom is -0.463 e. The van der Waals surface area contributed by atoms with Gasteiger partial charge in [-0.3, -0.25) is 9.59 Å². The lowest BCUT2D eigenvalue weighted by molar-refractivity contribution is -0.148. The number of amides is 1. The van der Waals surface area contributed by atoms with Crippen molar-refractivity contribution in [2.45, 2.75) is 45.4 Å². The molecule has 0 saturated carbocycles. The normalized spacial score (nSPS) is 11.9. The quantitative estimate of drug-likeness (QED) is 0.656. The molecule has 0 saturated heterocycles. The maximum atomic E-state index is 12.4. The van der Waals surface area contributed by atoms with E-state index in [1.807, 2.05) is 30.3 Å². The number of hydrogen-bond donors (Lipinski definition) is 1. The van der Waals surface area contributed by atoms with E-state index in [0.29, 0.717) is 5.56 Å². The van der Waals surface area contributed by atoms with Gasteiger partial charge in [-0.05, 0) is 37.1 Å². The molecule has 7 heteroatoms. The van der Waals surface area contributed by atoms with Crippen LogP contribution in [-0.4, -0.2) is 24.6 Å². The highest BCUT2D eigenvalue weighted by Crippen LogP contribution is 2.19. The molecule has 2 aromatic carbocycles. The highest BCUT2D eigenvalue weighted by atomic mass is 19.3. The van der Waals surface area contributed by atoms with Gasteiger partial charge in [0.05, 0.1) is 25.0 Å². The second kappa shape index (κ2) is 10.4. The molecule has 1 N–H and O–H groups in total. The third kappa shape index (κ3) is 7.34. The first kappa shape index (κ1) is 21.3. The molecule has 0 aliphatic carbocycles. The third-order valence-corrected chi connectivity index (χ3v) is 3.79. The van der Waals surface area contributed by atoms with Gasteiger partial charge in [0.2, 0.25) is 5.91 Å². The Morgan fingerprint density at radius 3 is 2.21 bits per heavy atom. The fourth-order valence-corrected chi connectivity index (χ4v) is 2.63. The second-order valence-corrected chi connectivity index (χ2v) is 6.47. The highest BCUT2D eigenvalue weighted by molar-refractivity contribution is 5.80. The van der Waals surface area contributed by atoms with Crippen LogP contribution in [-0.2, 0) is 20.7 Å². The van der Waals surface area contributed by atoms with E-state index >= 15 is 0 Å². The van der Waals surface area contributed by atoms with Crippen LogP contribution >= 0.6 is 0 Å². The summed E-state index contributed by atoms with van der Waals surface area (Å²) in [7, 11) is 0. The van der Waals surface area contributed by atoms with Crippen LogP contribution in [0, 0.1) is 0 Å². The van der Waals surface area contributed by atoms with Crippen molar-refractivity contribution in [2.75, 3.05) is 0 Å². The van der Waals surface area contributed by atoms with Crippen LogP contribution in [0.4, 0.5) is 8.78 Å². The molecule has 0 heterocycles. The van der Waals surface area contributed by atoms with Crippen molar-refractivity contribution >= 4 is 11.9 Å². The van der Waals surface area contributed by atoms with Crippen LogP contribution in [0.15, 0.2) is 54.6 Å². The number of nitrogens with one attached hydrogen (secondary N) is 1. The van der Waals surface area contributed by atoms with Gasteiger partial charge in [-0.2, -0.15) is 8.78 Å². The van der Waals surface area contributed by atoms with Crippen LogP contribution in [0.25, 0.3) is 0 Å². The van der Waals surface area contributed by atoms with Crippen molar-refractivity contribution in [3.05, 3.63) is 65.7 Å². The second-order valence-electron chi connectivity index (χ2n) is 6.47. The summed E-state index contributed by atoms with van der Waals surface area (Å²) in [5.41, 5.74) is 1.42. The molecule has 0 radical (unpaired) electrons. The number of carbonyl (C=O) groups is 2. The third-order valence-electron chi connectivity index (χ3n) is 3.79. The monoisotopic (exact) mass is 391 g/mol. The lowest BCUT2D eigenvalue weighted by Crippen LogP contribution is -2.32. The first-order valence-corrected chi connectivity index (χ1v) is 8.91. The summed E-state index contributed by atoms with van der Waals surface area (Å²) in [6, 6.07) is 14.5. The molecule has 2 rings (SSSR count).